The Morgan fingerprint density at radius 1 is 1.38 bits per heavy atom. The number of nitrogens with zero attached hydrogens (tertiary/aromatic N) is 2. The van der Waals surface area contributed by atoms with E-state index < -0.39 is 0 Å². The first kappa shape index (κ1) is 16.5. The van der Waals surface area contributed by atoms with Crippen molar-refractivity contribution in [3.8, 4) is 0 Å². The van der Waals surface area contributed by atoms with Crippen molar-refractivity contribution >= 4 is 17.4 Å². The Labute approximate surface area is 132 Å². The lowest BCUT2D eigenvalue weighted by Gasteiger charge is -2.32. The van der Waals surface area contributed by atoms with Crippen LogP contribution in [0.4, 0.5) is 5.82 Å². The van der Waals surface area contributed by atoms with Gasteiger partial charge in [0.15, 0.2) is 0 Å². The molecule has 1 aliphatic heterocycles. The molecule has 1 saturated heterocycles. The van der Waals surface area contributed by atoms with Crippen molar-refractivity contribution in [1.29, 1.82) is 0 Å². The van der Waals surface area contributed by atoms with E-state index in [9.17, 15) is 0 Å². The molecule has 5 heteroatoms. The molecule has 2 rings (SSSR count). The molecule has 0 bridgehead atoms. The van der Waals surface area contributed by atoms with Crippen molar-refractivity contribution in [1.82, 2.24) is 10.3 Å². The first-order chi connectivity index (χ1) is 10.1. The van der Waals surface area contributed by atoms with Crippen LogP contribution in [-0.4, -0.2) is 37.8 Å². The number of hydrogen-bond donors (Lipinski definition) is 1. The number of rotatable bonds is 6. The number of ether oxygens (including phenoxy) is 1. The van der Waals surface area contributed by atoms with E-state index in [0.29, 0.717) is 18.5 Å². The van der Waals surface area contributed by atoms with Gasteiger partial charge in [0.2, 0.25) is 0 Å². The molecule has 0 saturated carbocycles. The minimum absolute atomic E-state index is 0.504. The average Bonchev–Trinajstić information content (AvgIpc) is 2.49. The predicted molar refractivity (Wildman–Crippen MR) is 88.0 cm³/mol. The SMILES string of the molecule is CC(C)CNCc1nc(N(C)C2CCOCC2)ccc1Cl. The van der Waals surface area contributed by atoms with Gasteiger partial charge in [-0.15, -0.1) is 0 Å². The Hall–Kier alpha value is -0.840. The molecule has 1 aromatic rings. The summed E-state index contributed by atoms with van der Waals surface area (Å²) in [4.78, 5) is 6.99. The molecule has 2 heterocycles. The predicted octanol–water partition coefficient (Wildman–Crippen LogP) is 3.10. The fourth-order valence-electron chi connectivity index (χ4n) is 2.53. The van der Waals surface area contributed by atoms with Gasteiger partial charge >= 0.3 is 0 Å². The molecule has 1 aliphatic rings. The summed E-state index contributed by atoms with van der Waals surface area (Å²) in [7, 11) is 2.11. The summed E-state index contributed by atoms with van der Waals surface area (Å²) in [5, 5.41) is 4.13. The number of anilines is 1. The smallest absolute Gasteiger partial charge is 0.128 e. The molecule has 118 valence electrons. The second-order valence-electron chi connectivity index (χ2n) is 6.08. The van der Waals surface area contributed by atoms with E-state index in [2.05, 4.69) is 31.1 Å². The van der Waals surface area contributed by atoms with Gasteiger partial charge in [-0.2, -0.15) is 0 Å². The number of hydrogen-bond acceptors (Lipinski definition) is 4. The molecule has 0 radical (unpaired) electrons. The monoisotopic (exact) mass is 311 g/mol. The molecule has 0 amide bonds. The Bertz CT molecular complexity index is 447. The van der Waals surface area contributed by atoms with Crippen LogP contribution < -0.4 is 10.2 Å². The van der Waals surface area contributed by atoms with Gasteiger partial charge in [0.25, 0.3) is 0 Å². The maximum atomic E-state index is 6.26. The van der Waals surface area contributed by atoms with Crippen molar-refractivity contribution in [3.63, 3.8) is 0 Å². The number of halogens is 1. The molecular formula is C16H26ClN3O. The summed E-state index contributed by atoms with van der Waals surface area (Å²) in [6.45, 7) is 7.75. The van der Waals surface area contributed by atoms with Crippen molar-refractivity contribution in [3.05, 3.63) is 22.8 Å². The Kier molecular flexibility index (Phi) is 6.27. The van der Waals surface area contributed by atoms with Gasteiger partial charge in [0, 0.05) is 32.8 Å². The average molecular weight is 312 g/mol. The Morgan fingerprint density at radius 2 is 2.10 bits per heavy atom. The first-order valence-corrected chi connectivity index (χ1v) is 8.12. The van der Waals surface area contributed by atoms with Gasteiger partial charge in [0.05, 0.1) is 10.7 Å². The summed E-state index contributed by atoms with van der Waals surface area (Å²) in [6.07, 6.45) is 2.11. The molecule has 21 heavy (non-hydrogen) atoms. The highest BCUT2D eigenvalue weighted by Crippen LogP contribution is 2.23. The van der Waals surface area contributed by atoms with E-state index >= 15 is 0 Å². The Balaban J connectivity index is 2.02. The lowest BCUT2D eigenvalue weighted by atomic mass is 10.1. The topological polar surface area (TPSA) is 37.4 Å². The largest absolute Gasteiger partial charge is 0.381 e. The zero-order chi connectivity index (χ0) is 15.2. The van der Waals surface area contributed by atoms with E-state index in [4.69, 9.17) is 21.3 Å². The summed E-state index contributed by atoms with van der Waals surface area (Å²) < 4.78 is 5.43. The molecule has 0 unspecified atom stereocenters. The molecule has 4 nitrogen and oxygen atoms in total. The van der Waals surface area contributed by atoms with Crippen LogP contribution in [0.25, 0.3) is 0 Å². The summed E-state index contributed by atoms with van der Waals surface area (Å²) in [5.74, 6) is 1.62. The summed E-state index contributed by atoms with van der Waals surface area (Å²) in [5.41, 5.74) is 0.925. The van der Waals surface area contributed by atoms with Crippen LogP contribution in [0.3, 0.4) is 0 Å². The quantitative estimate of drug-likeness (QED) is 0.876. The van der Waals surface area contributed by atoms with Crippen molar-refractivity contribution in [2.45, 2.75) is 39.3 Å². The van der Waals surface area contributed by atoms with Gasteiger partial charge in [-0.3, -0.25) is 0 Å². The minimum Gasteiger partial charge on any atom is -0.381 e. The van der Waals surface area contributed by atoms with E-state index in [-0.39, 0.29) is 0 Å². The lowest BCUT2D eigenvalue weighted by Crippen LogP contribution is -2.37. The third-order valence-corrected chi connectivity index (χ3v) is 4.19. The van der Waals surface area contributed by atoms with Crippen molar-refractivity contribution in [2.75, 3.05) is 31.7 Å². The molecule has 0 aliphatic carbocycles. The first-order valence-electron chi connectivity index (χ1n) is 7.74. The maximum Gasteiger partial charge on any atom is 0.128 e. The van der Waals surface area contributed by atoms with Gasteiger partial charge < -0.3 is 15.0 Å². The molecule has 1 aromatic heterocycles. The van der Waals surface area contributed by atoms with Crippen LogP contribution in [0.15, 0.2) is 12.1 Å². The van der Waals surface area contributed by atoms with Crippen LogP contribution in [0.5, 0.6) is 0 Å². The number of nitrogens with one attached hydrogen (secondary N) is 1. The molecular weight excluding hydrogens is 286 g/mol. The zero-order valence-electron chi connectivity index (χ0n) is 13.2. The molecule has 1 fully saturated rings. The normalized spacial score (nSPS) is 16.4. The lowest BCUT2D eigenvalue weighted by molar-refractivity contribution is 0.0853. The minimum atomic E-state index is 0.504. The second kappa shape index (κ2) is 7.97. The van der Waals surface area contributed by atoms with E-state index in [1.807, 2.05) is 12.1 Å². The van der Waals surface area contributed by atoms with Crippen molar-refractivity contribution in [2.24, 2.45) is 5.92 Å². The summed E-state index contributed by atoms with van der Waals surface area (Å²) >= 11 is 6.26. The zero-order valence-corrected chi connectivity index (χ0v) is 14.0. The van der Waals surface area contributed by atoms with Gasteiger partial charge in [0.1, 0.15) is 5.82 Å². The highest BCUT2D eigenvalue weighted by atomic mass is 35.5. The molecule has 0 atom stereocenters. The highest BCUT2D eigenvalue weighted by Gasteiger charge is 2.20. The van der Waals surface area contributed by atoms with Crippen LogP contribution >= 0.6 is 11.6 Å². The number of pyridine rings is 1. The summed E-state index contributed by atoms with van der Waals surface area (Å²) in [6, 6.07) is 4.46. The maximum absolute atomic E-state index is 6.26. The highest BCUT2D eigenvalue weighted by molar-refractivity contribution is 6.31. The van der Waals surface area contributed by atoms with Crippen molar-refractivity contribution < 1.29 is 4.74 Å². The van der Waals surface area contributed by atoms with Crippen LogP contribution in [0, 0.1) is 5.92 Å². The van der Waals surface area contributed by atoms with Crippen LogP contribution in [0.2, 0.25) is 5.02 Å². The number of aromatic nitrogens is 1. The van der Waals surface area contributed by atoms with E-state index in [0.717, 1.165) is 49.1 Å². The second-order valence-corrected chi connectivity index (χ2v) is 6.48. The third-order valence-electron chi connectivity index (χ3n) is 3.85. The Morgan fingerprint density at radius 3 is 2.76 bits per heavy atom. The fraction of sp³-hybridized carbons (Fsp3) is 0.688. The van der Waals surface area contributed by atoms with Gasteiger partial charge in [-0.25, -0.2) is 4.98 Å². The molecule has 1 N–H and O–H groups in total. The fourth-order valence-corrected chi connectivity index (χ4v) is 2.70. The standard InChI is InChI=1S/C16H26ClN3O/c1-12(2)10-18-11-15-14(17)4-5-16(19-15)20(3)13-6-8-21-9-7-13/h4-5,12-13,18H,6-11H2,1-3H3. The van der Waals surface area contributed by atoms with Gasteiger partial charge in [-0.05, 0) is 37.4 Å². The van der Waals surface area contributed by atoms with Crippen LogP contribution in [-0.2, 0) is 11.3 Å². The molecule has 0 spiro atoms. The van der Waals surface area contributed by atoms with E-state index in [1.54, 1.807) is 0 Å². The molecule has 0 aromatic carbocycles. The van der Waals surface area contributed by atoms with Gasteiger partial charge in [-0.1, -0.05) is 25.4 Å². The van der Waals surface area contributed by atoms with E-state index in [1.165, 1.54) is 0 Å². The van der Waals surface area contributed by atoms with Crippen LogP contribution in [0.1, 0.15) is 32.4 Å². The third kappa shape index (κ3) is 4.83.